The molecule has 106 valence electrons. The molecule has 2 amide bonds. The van der Waals surface area contributed by atoms with E-state index in [4.69, 9.17) is 0 Å². The van der Waals surface area contributed by atoms with E-state index in [-0.39, 0.29) is 6.54 Å². The summed E-state index contributed by atoms with van der Waals surface area (Å²) in [6.45, 7) is 3.18. The summed E-state index contributed by atoms with van der Waals surface area (Å²) >= 11 is 0. The highest BCUT2D eigenvalue weighted by atomic mass is 19.3. The molecule has 0 aliphatic carbocycles. The second kappa shape index (κ2) is 5.94. The molecule has 19 heavy (non-hydrogen) atoms. The Morgan fingerprint density at radius 1 is 1.63 bits per heavy atom. The number of nitrogens with zero attached hydrogens (tertiary/aromatic N) is 4. The molecule has 1 atom stereocenters. The summed E-state index contributed by atoms with van der Waals surface area (Å²) in [4.78, 5) is 13.1. The highest BCUT2D eigenvalue weighted by Crippen LogP contribution is 2.22. The predicted octanol–water partition coefficient (Wildman–Crippen LogP) is 1.24. The molecule has 0 radical (unpaired) electrons. The van der Waals surface area contributed by atoms with E-state index in [1.807, 2.05) is 6.92 Å². The molecule has 0 unspecified atom stereocenters. The summed E-state index contributed by atoms with van der Waals surface area (Å²) in [6, 6.07) is -1.42. The van der Waals surface area contributed by atoms with Crippen LogP contribution < -0.4 is 5.32 Å². The minimum absolute atomic E-state index is 0.242. The first kappa shape index (κ1) is 13.7. The number of likely N-dealkylation sites (tertiary alicyclic amines) is 1. The van der Waals surface area contributed by atoms with Crippen molar-refractivity contribution in [1.82, 2.24) is 25.2 Å². The summed E-state index contributed by atoms with van der Waals surface area (Å²) in [5, 5.41) is 10.2. The van der Waals surface area contributed by atoms with E-state index in [2.05, 4.69) is 15.6 Å². The van der Waals surface area contributed by atoms with Gasteiger partial charge in [-0.15, -0.1) is 5.10 Å². The fraction of sp³-hybridized carbons (Fsp3) is 0.727. The van der Waals surface area contributed by atoms with Crippen molar-refractivity contribution in [2.45, 2.75) is 45.3 Å². The molecule has 6 nitrogen and oxygen atoms in total. The summed E-state index contributed by atoms with van der Waals surface area (Å²) in [5.41, 5.74) is 0.753. The van der Waals surface area contributed by atoms with Gasteiger partial charge in [-0.05, 0) is 19.8 Å². The number of nitrogens with one attached hydrogen (secondary N) is 1. The zero-order valence-corrected chi connectivity index (χ0v) is 10.7. The van der Waals surface area contributed by atoms with Crippen LogP contribution in [-0.4, -0.2) is 44.9 Å². The van der Waals surface area contributed by atoms with E-state index in [1.165, 1.54) is 4.90 Å². The van der Waals surface area contributed by atoms with Gasteiger partial charge in [-0.3, -0.25) is 0 Å². The van der Waals surface area contributed by atoms with E-state index in [0.717, 1.165) is 5.69 Å². The van der Waals surface area contributed by atoms with E-state index < -0.39 is 18.5 Å². The number of amides is 2. The van der Waals surface area contributed by atoms with E-state index >= 15 is 0 Å². The minimum Gasteiger partial charge on any atom is -0.332 e. The lowest BCUT2D eigenvalue weighted by Gasteiger charge is -2.24. The fourth-order valence-electron chi connectivity index (χ4n) is 2.26. The Bertz CT molecular complexity index is 436. The van der Waals surface area contributed by atoms with Crippen LogP contribution in [0.25, 0.3) is 0 Å². The maximum atomic E-state index is 12.7. The molecule has 1 aromatic heterocycles. The smallest absolute Gasteiger partial charge is 0.318 e. The van der Waals surface area contributed by atoms with Crippen molar-refractivity contribution in [3.63, 3.8) is 0 Å². The first-order valence-corrected chi connectivity index (χ1v) is 6.33. The van der Waals surface area contributed by atoms with Crippen molar-refractivity contribution in [3.05, 3.63) is 11.9 Å². The number of aromatic nitrogens is 3. The van der Waals surface area contributed by atoms with Crippen LogP contribution in [0.3, 0.4) is 0 Å². The maximum absolute atomic E-state index is 12.7. The third-order valence-corrected chi connectivity index (χ3v) is 3.27. The molecule has 0 spiro atoms. The Kier molecular flexibility index (Phi) is 4.28. The number of rotatable bonds is 4. The number of hydrogen-bond donors (Lipinski definition) is 1. The largest absolute Gasteiger partial charge is 0.332 e. The van der Waals surface area contributed by atoms with Gasteiger partial charge in [-0.1, -0.05) is 5.21 Å². The minimum atomic E-state index is -2.49. The van der Waals surface area contributed by atoms with Crippen LogP contribution in [0.15, 0.2) is 6.20 Å². The summed E-state index contributed by atoms with van der Waals surface area (Å²) in [7, 11) is 0. The molecule has 1 aliphatic heterocycles. The zero-order chi connectivity index (χ0) is 13.8. The van der Waals surface area contributed by atoms with Gasteiger partial charge < -0.3 is 10.2 Å². The van der Waals surface area contributed by atoms with Gasteiger partial charge in [-0.25, -0.2) is 18.3 Å². The molecule has 1 aromatic rings. The molecular weight excluding hydrogens is 256 g/mol. The molecule has 0 bridgehead atoms. The van der Waals surface area contributed by atoms with Crippen molar-refractivity contribution in [1.29, 1.82) is 0 Å². The first-order chi connectivity index (χ1) is 9.13. The van der Waals surface area contributed by atoms with Gasteiger partial charge >= 0.3 is 6.03 Å². The zero-order valence-electron chi connectivity index (χ0n) is 10.7. The highest BCUT2D eigenvalue weighted by Gasteiger charge is 2.35. The van der Waals surface area contributed by atoms with Gasteiger partial charge in [0.15, 0.2) is 0 Å². The normalized spacial score (nSPS) is 19.2. The van der Waals surface area contributed by atoms with E-state index in [1.54, 1.807) is 10.9 Å². The van der Waals surface area contributed by atoms with Crippen LogP contribution in [0, 0.1) is 0 Å². The number of carbonyl (C=O) groups excluding carboxylic acids is 1. The van der Waals surface area contributed by atoms with Gasteiger partial charge in [0.1, 0.15) is 0 Å². The van der Waals surface area contributed by atoms with Gasteiger partial charge in [0.25, 0.3) is 6.43 Å². The van der Waals surface area contributed by atoms with Crippen LogP contribution in [-0.2, 0) is 13.1 Å². The first-order valence-electron chi connectivity index (χ1n) is 6.33. The molecule has 1 saturated heterocycles. The Morgan fingerprint density at radius 3 is 3.11 bits per heavy atom. The van der Waals surface area contributed by atoms with E-state index in [0.29, 0.717) is 25.9 Å². The SMILES string of the molecule is CCn1nncc1CNC(=O)N1CCC[C@H]1C(F)F. The molecule has 8 heteroatoms. The van der Waals surface area contributed by atoms with Gasteiger partial charge in [-0.2, -0.15) is 0 Å². The number of urea groups is 1. The Balaban J connectivity index is 1.91. The molecule has 2 rings (SSSR count). The number of alkyl halides is 2. The summed E-state index contributed by atoms with van der Waals surface area (Å²) in [6.07, 6.45) is 0.0467. The second-order valence-corrected chi connectivity index (χ2v) is 4.44. The van der Waals surface area contributed by atoms with Crippen molar-refractivity contribution >= 4 is 6.03 Å². The monoisotopic (exact) mass is 273 g/mol. The molecule has 2 heterocycles. The Morgan fingerprint density at radius 2 is 2.42 bits per heavy atom. The Labute approximate surface area is 109 Å². The lowest BCUT2D eigenvalue weighted by Crippen LogP contribution is -2.45. The summed E-state index contributed by atoms with van der Waals surface area (Å²) in [5.74, 6) is 0. The molecular formula is C11H17F2N5O. The molecule has 0 saturated carbocycles. The van der Waals surface area contributed by atoms with Crippen molar-refractivity contribution in [2.24, 2.45) is 0 Å². The third-order valence-electron chi connectivity index (χ3n) is 3.27. The fourth-order valence-corrected chi connectivity index (χ4v) is 2.26. The lowest BCUT2D eigenvalue weighted by molar-refractivity contribution is 0.0606. The second-order valence-electron chi connectivity index (χ2n) is 4.44. The number of aryl methyl sites for hydroxylation is 1. The topological polar surface area (TPSA) is 63.1 Å². The molecule has 1 aliphatic rings. The molecule has 1 N–H and O–H groups in total. The van der Waals surface area contributed by atoms with E-state index in [9.17, 15) is 13.6 Å². The van der Waals surface area contributed by atoms with Gasteiger partial charge in [0.2, 0.25) is 0 Å². The number of carbonyl (C=O) groups is 1. The lowest BCUT2D eigenvalue weighted by atomic mass is 10.2. The van der Waals surface area contributed by atoms with Crippen LogP contribution in [0.2, 0.25) is 0 Å². The molecule has 1 fully saturated rings. The third kappa shape index (κ3) is 2.99. The maximum Gasteiger partial charge on any atom is 0.318 e. The standard InChI is InChI=1S/C11H17F2N5O/c1-2-18-8(7-15-16-18)6-14-11(19)17-5-3-4-9(17)10(12)13/h7,9-10H,2-6H2,1H3,(H,14,19)/t9-/m0/s1. The van der Waals surface area contributed by atoms with Crippen LogP contribution >= 0.6 is 0 Å². The molecule has 0 aromatic carbocycles. The van der Waals surface area contributed by atoms with Crippen molar-refractivity contribution in [3.8, 4) is 0 Å². The average molecular weight is 273 g/mol. The number of hydrogen-bond acceptors (Lipinski definition) is 3. The highest BCUT2D eigenvalue weighted by molar-refractivity contribution is 5.74. The quantitative estimate of drug-likeness (QED) is 0.897. The van der Waals surface area contributed by atoms with Crippen LogP contribution in [0.1, 0.15) is 25.5 Å². The summed E-state index contributed by atoms with van der Waals surface area (Å²) < 4.78 is 27.1. The van der Waals surface area contributed by atoms with Crippen LogP contribution in [0.4, 0.5) is 13.6 Å². The van der Waals surface area contributed by atoms with Gasteiger partial charge in [0.05, 0.1) is 24.5 Å². The Hall–Kier alpha value is -1.73. The van der Waals surface area contributed by atoms with Crippen molar-refractivity contribution in [2.75, 3.05) is 6.54 Å². The van der Waals surface area contributed by atoms with Crippen LogP contribution in [0.5, 0.6) is 0 Å². The van der Waals surface area contributed by atoms with Gasteiger partial charge in [0, 0.05) is 13.1 Å². The predicted molar refractivity (Wildman–Crippen MR) is 63.7 cm³/mol. The average Bonchev–Trinajstić information content (AvgIpc) is 3.04. The van der Waals surface area contributed by atoms with Crippen molar-refractivity contribution < 1.29 is 13.6 Å². The number of halogens is 2.